The van der Waals surface area contributed by atoms with Gasteiger partial charge in [-0.15, -0.1) is 0 Å². The molecule has 0 aliphatic rings. The van der Waals surface area contributed by atoms with Gasteiger partial charge in [0.2, 0.25) is 0 Å². The highest BCUT2D eigenvalue weighted by atomic mass is 31.2. The second-order valence-electron chi connectivity index (χ2n) is 9.90. The Kier molecular flexibility index (Phi) is 8.32. The Hall–Kier alpha value is -5.11. The van der Waals surface area contributed by atoms with Crippen molar-refractivity contribution < 1.29 is 23.3 Å². The molecule has 4 aromatic carbocycles. The molecule has 6 aromatic rings. The van der Waals surface area contributed by atoms with E-state index in [0.717, 1.165) is 33.8 Å². The van der Waals surface area contributed by atoms with Crippen molar-refractivity contribution in [2.75, 3.05) is 14.2 Å². The number of imidazole rings is 2. The topological polar surface area (TPSA) is 89.6 Å². The molecule has 44 heavy (non-hydrogen) atoms. The molecule has 0 bridgehead atoms. The molecule has 2 aromatic heterocycles. The molecular formula is C34H31N4O5P. The van der Waals surface area contributed by atoms with Gasteiger partial charge in [0.25, 0.3) is 0 Å². The van der Waals surface area contributed by atoms with Crippen LogP contribution in [0.3, 0.4) is 0 Å². The average molecular weight is 607 g/mol. The molecule has 2 heterocycles. The van der Waals surface area contributed by atoms with Crippen molar-refractivity contribution in [3.63, 3.8) is 0 Å². The van der Waals surface area contributed by atoms with Gasteiger partial charge in [-0.25, -0.2) is 23.2 Å². The first kappa shape index (κ1) is 29.0. The molecule has 0 aliphatic carbocycles. The van der Waals surface area contributed by atoms with Crippen LogP contribution in [-0.2, 0) is 21.5 Å². The van der Waals surface area contributed by atoms with Crippen LogP contribution in [0.5, 0.6) is 17.2 Å². The highest BCUT2D eigenvalue weighted by molar-refractivity contribution is 7.56. The van der Waals surface area contributed by atoms with Gasteiger partial charge >= 0.3 is 7.67 Å². The zero-order valence-electron chi connectivity index (χ0n) is 24.3. The summed E-state index contributed by atoms with van der Waals surface area (Å²) in [6, 6.07) is 33.3. The molecule has 0 N–H and O–H groups in total. The number of benzene rings is 4. The fourth-order valence-corrected chi connectivity index (χ4v) is 6.73. The third-order valence-electron chi connectivity index (χ3n) is 7.34. The summed E-state index contributed by atoms with van der Waals surface area (Å²) in [6.45, 7) is 0.272. The summed E-state index contributed by atoms with van der Waals surface area (Å²) < 4.78 is 40.8. The quantitative estimate of drug-likeness (QED) is 0.108. The van der Waals surface area contributed by atoms with Crippen molar-refractivity contribution in [1.82, 2.24) is 18.6 Å². The van der Waals surface area contributed by atoms with Crippen molar-refractivity contribution in [2.24, 2.45) is 0 Å². The number of methoxy groups -OCH3 is 2. The number of hydrogen-bond donors (Lipinski definition) is 0. The van der Waals surface area contributed by atoms with Crippen LogP contribution >= 0.6 is 7.67 Å². The van der Waals surface area contributed by atoms with Gasteiger partial charge in [-0.2, -0.15) is 0 Å². The molecule has 0 fully saturated rings. The molecular weight excluding hydrogens is 575 g/mol. The molecule has 0 saturated heterocycles. The number of rotatable bonds is 12. The maximum absolute atomic E-state index is 14.0. The lowest BCUT2D eigenvalue weighted by atomic mass is 9.80. The third kappa shape index (κ3) is 5.63. The predicted molar refractivity (Wildman–Crippen MR) is 167 cm³/mol. The molecule has 6 rings (SSSR count). The summed E-state index contributed by atoms with van der Waals surface area (Å²) in [7, 11) is -0.286. The first-order valence-electron chi connectivity index (χ1n) is 13.9. The highest BCUT2D eigenvalue weighted by Gasteiger charge is 2.38. The van der Waals surface area contributed by atoms with Crippen molar-refractivity contribution in [1.29, 1.82) is 0 Å². The number of ether oxygens (including phenoxy) is 3. The Morgan fingerprint density at radius 3 is 1.57 bits per heavy atom. The van der Waals surface area contributed by atoms with Gasteiger partial charge in [0.1, 0.15) is 35.5 Å². The zero-order valence-corrected chi connectivity index (χ0v) is 25.2. The van der Waals surface area contributed by atoms with Gasteiger partial charge in [-0.3, -0.25) is 0 Å². The maximum atomic E-state index is 14.0. The SMILES string of the molecule is COc1ccc(C(OCc2ccc(OP(=O)(n3ccnc3)n3ccnc3)cc2)(c2ccccc2)c2ccc(OC)cc2)cc1. The van der Waals surface area contributed by atoms with Crippen LogP contribution in [0, 0.1) is 0 Å². The van der Waals surface area contributed by atoms with Gasteiger partial charge in [0.05, 0.1) is 20.8 Å². The lowest BCUT2D eigenvalue weighted by Crippen LogP contribution is -2.32. The van der Waals surface area contributed by atoms with E-state index in [0.29, 0.717) is 5.75 Å². The molecule has 0 spiro atoms. The van der Waals surface area contributed by atoms with Crippen LogP contribution in [0.1, 0.15) is 22.3 Å². The van der Waals surface area contributed by atoms with Crippen molar-refractivity contribution >= 4 is 7.67 Å². The minimum atomic E-state index is -3.58. The minimum Gasteiger partial charge on any atom is -0.497 e. The monoisotopic (exact) mass is 606 g/mol. The summed E-state index contributed by atoms with van der Waals surface area (Å²) >= 11 is 0. The summed E-state index contributed by atoms with van der Waals surface area (Å²) in [5.74, 6) is 1.94. The van der Waals surface area contributed by atoms with Gasteiger partial charge in [0.15, 0.2) is 0 Å². The number of nitrogens with zero attached hydrogens (tertiary/aromatic N) is 4. The van der Waals surface area contributed by atoms with Crippen LogP contribution in [0.2, 0.25) is 0 Å². The Morgan fingerprint density at radius 1 is 0.636 bits per heavy atom. The molecule has 0 saturated carbocycles. The first-order chi connectivity index (χ1) is 21.5. The van der Waals surface area contributed by atoms with Gasteiger partial charge in [-0.05, 0) is 58.7 Å². The molecule has 0 unspecified atom stereocenters. The van der Waals surface area contributed by atoms with Crippen LogP contribution in [-0.4, -0.2) is 32.9 Å². The molecule has 0 radical (unpaired) electrons. The fraction of sp³-hybridized carbons (Fsp3) is 0.118. The minimum absolute atomic E-state index is 0.272. The Balaban J connectivity index is 1.34. The van der Waals surface area contributed by atoms with E-state index >= 15 is 0 Å². The summed E-state index contributed by atoms with van der Waals surface area (Å²) in [6.07, 6.45) is 9.24. The van der Waals surface area contributed by atoms with Gasteiger partial charge in [0, 0.05) is 24.8 Å². The lowest BCUT2D eigenvalue weighted by Gasteiger charge is -2.36. The van der Waals surface area contributed by atoms with Crippen LogP contribution in [0.4, 0.5) is 0 Å². The Labute approximate surface area is 255 Å². The molecule has 0 atom stereocenters. The molecule has 10 heteroatoms. The van der Waals surface area contributed by atoms with Crippen molar-refractivity contribution in [3.05, 3.63) is 163 Å². The first-order valence-corrected chi connectivity index (χ1v) is 15.4. The van der Waals surface area contributed by atoms with E-state index in [9.17, 15) is 4.57 Å². The van der Waals surface area contributed by atoms with E-state index in [2.05, 4.69) is 22.1 Å². The predicted octanol–water partition coefficient (Wildman–Crippen LogP) is 7.19. The Bertz CT molecular complexity index is 1720. The fourth-order valence-electron chi connectivity index (χ4n) is 5.07. The Morgan fingerprint density at radius 2 is 1.11 bits per heavy atom. The summed E-state index contributed by atoms with van der Waals surface area (Å²) in [5.41, 5.74) is 2.80. The van der Waals surface area contributed by atoms with Crippen molar-refractivity contribution in [3.8, 4) is 17.2 Å². The van der Waals surface area contributed by atoms with Crippen molar-refractivity contribution in [2.45, 2.75) is 12.2 Å². The number of aromatic nitrogens is 4. The highest BCUT2D eigenvalue weighted by Crippen LogP contribution is 2.49. The largest absolute Gasteiger partial charge is 0.497 e. The van der Waals surface area contributed by atoms with Gasteiger partial charge in [-0.1, -0.05) is 66.7 Å². The summed E-state index contributed by atoms with van der Waals surface area (Å²) in [4.78, 5) is 8.08. The van der Waals surface area contributed by atoms with E-state index in [1.54, 1.807) is 51.1 Å². The lowest BCUT2D eigenvalue weighted by molar-refractivity contribution is 0.000187. The molecule has 0 aliphatic heterocycles. The second kappa shape index (κ2) is 12.6. The van der Waals surface area contributed by atoms with Crippen LogP contribution in [0.25, 0.3) is 0 Å². The average Bonchev–Trinajstić information content (AvgIpc) is 3.83. The van der Waals surface area contributed by atoms with Crippen LogP contribution < -0.4 is 14.0 Å². The van der Waals surface area contributed by atoms with E-state index in [4.69, 9.17) is 18.7 Å². The summed E-state index contributed by atoms with van der Waals surface area (Å²) in [5, 5.41) is 0. The number of hydrogen-bond acceptors (Lipinski definition) is 7. The molecule has 0 amide bonds. The standard InChI is InChI=1S/C34H31N4O5P/c1-40-31-16-10-29(11-17-31)34(28-6-4-3-5-7-28,30-12-18-32(41-2)19-13-30)42-24-27-8-14-33(15-9-27)43-44(39,37-22-20-35-25-37)38-23-21-36-26-38/h3-23,25-26H,24H2,1-2H3. The normalized spacial score (nSPS) is 11.7. The third-order valence-corrected chi connectivity index (χ3v) is 9.43. The van der Waals surface area contributed by atoms with E-state index in [-0.39, 0.29) is 6.61 Å². The maximum Gasteiger partial charge on any atom is 0.459 e. The van der Waals surface area contributed by atoms with E-state index < -0.39 is 13.3 Å². The second-order valence-corrected chi connectivity index (χ2v) is 12.0. The van der Waals surface area contributed by atoms with Gasteiger partial charge < -0.3 is 18.7 Å². The van der Waals surface area contributed by atoms with E-state index in [1.165, 1.54) is 21.3 Å². The molecule has 222 valence electrons. The van der Waals surface area contributed by atoms with Crippen LogP contribution in [0.15, 0.2) is 141 Å². The zero-order chi connectivity index (χ0) is 30.4. The van der Waals surface area contributed by atoms with E-state index in [1.807, 2.05) is 78.9 Å². The molecule has 9 nitrogen and oxygen atoms in total. The smallest absolute Gasteiger partial charge is 0.459 e.